The Bertz CT molecular complexity index is 424. The molecule has 0 aromatic heterocycles. The summed E-state index contributed by atoms with van der Waals surface area (Å²) < 4.78 is 0. The van der Waals surface area contributed by atoms with Crippen LogP contribution in [0, 0.1) is 0 Å². The van der Waals surface area contributed by atoms with Gasteiger partial charge in [-0.2, -0.15) is 0 Å². The van der Waals surface area contributed by atoms with Gasteiger partial charge in [0.05, 0.1) is 10.7 Å². The number of nitrogens with zero attached hydrogens (tertiary/aromatic N) is 1. The molecule has 98 valence electrons. The van der Waals surface area contributed by atoms with Crippen molar-refractivity contribution < 1.29 is 4.79 Å². The molecular weight excluding hydrogens is 250 g/mol. The van der Waals surface area contributed by atoms with Gasteiger partial charge in [0.2, 0.25) is 5.91 Å². The lowest BCUT2D eigenvalue weighted by molar-refractivity contribution is -0.123. The van der Waals surface area contributed by atoms with E-state index in [1.54, 1.807) is 0 Å². The SMILES string of the molecule is CNCCC1C(=O)NCCN1c1ccccc1Cl. The summed E-state index contributed by atoms with van der Waals surface area (Å²) >= 11 is 6.22. The Balaban J connectivity index is 2.22. The molecule has 1 aliphatic rings. The summed E-state index contributed by atoms with van der Waals surface area (Å²) in [6, 6.07) is 7.53. The maximum atomic E-state index is 12.0. The zero-order valence-corrected chi connectivity index (χ0v) is 11.2. The Morgan fingerprint density at radius 3 is 3.00 bits per heavy atom. The van der Waals surface area contributed by atoms with Gasteiger partial charge in [0.1, 0.15) is 6.04 Å². The van der Waals surface area contributed by atoms with E-state index in [2.05, 4.69) is 15.5 Å². The van der Waals surface area contributed by atoms with E-state index >= 15 is 0 Å². The van der Waals surface area contributed by atoms with Gasteiger partial charge < -0.3 is 15.5 Å². The smallest absolute Gasteiger partial charge is 0.242 e. The van der Waals surface area contributed by atoms with E-state index in [0.29, 0.717) is 11.6 Å². The molecule has 1 aliphatic heterocycles. The van der Waals surface area contributed by atoms with Crippen LogP contribution in [0.5, 0.6) is 0 Å². The predicted molar refractivity (Wildman–Crippen MR) is 74.1 cm³/mol. The standard InChI is InChI=1S/C13H18ClN3O/c1-15-7-6-12-13(18)16-8-9-17(12)11-5-3-2-4-10(11)14/h2-5,12,15H,6-9H2,1H3,(H,16,18). The van der Waals surface area contributed by atoms with E-state index in [-0.39, 0.29) is 11.9 Å². The van der Waals surface area contributed by atoms with Crippen molar-refractivity contribution >= 4 is 23.2 Å². The maximum Gasteiger partial charge on any atom is 0.242 e. The van der Waals surface area contributed by atoms with Gasteiger partial charge in [0.15, 0.2) is 0 Å². The van der Waals surface area contributed by atoms with Crippen molar-refractivity contribution in [3.63, 3.8) is 0 Å². The van der Waals surface area contributed by atoms with E-state index < -0.39 is 0 Å². The molecule has 1 fully saturated rings. The molecule has 0 aliphatic carbocycles. The number of carbonyl (C=O) groups is 1. The second kappa shape index (κ2) is 6.07. The lowest BCUT2D eigenvalue weighted by atomic mass is 10.1. The molecular formula is C13H18ClN3O. The number of piperazine rings is 1. The summed E-state index contributed by atoms with van der Waals surface area (Å²) in [6.07, 6.45) is 0.771. The fourth-order valence-corrected chi connectivity index (χ4v) is 2.50. The molecule has 1 atom stereocenters. The minimum absolute atomic E-state index is 0.0800. The first-order valence-electron chi connectivity index (χ1n) is 6.17. The number of hydrogen-bond acceptors (Lipinski definition) is 3. The van der Waals surface area contributed by atoms with E-state index in [1.165, 1.54) is 0 Å². The highest BCUT2D eigenvalue weighted by Gasteiger charge is 2.30. The first kappa shape index (κ1) is 13.2. The summed E-state index contributed by atoms with van der Waals surface area (Å²) in [5.74, 6) is 0.0800. The van der Waals surface area contributed by atoms with Gasteiger partial charge in [-0.25, -0.2) is 0 Å². The lowest BCUT2D eigenvalue weighted by Crippen LogP contribution is -2.56. The largest absolute Gasteiger partial charge is 0.356 e. The van der Waals surface area contributed by atoms with Crippen LogP contribution in [-0.2, 0) is 4.79 Å². The maximum absolute atomic E-state index is 12.0. The number of carbonyl (C=O) groups excluding carboxylic acids is 1. The van der Waals surface area contributed by atoms with Crippen molar-refractivity contribution in [1.82, 2.24) is 10.6 Å². The minimum Gasteiger partial charge on any atom is -0.356 e. The molecule has 0 radical (unpaired) electrons. The third-order valence-electron chi connectivity index (χ3n) is 3.16. The van der Waals surface area contributed by atoms with Crippen molar-refractivity contribution in [2.75, 3.05) is 31.6 Å². The Hall–Kier alpha value is -1.26. The van der Waals surface area contributed by atoms with E-state index in [0.717, 1.165) is 25.2 Å². The Kier molecular flexibility index (Phi) is 4.44. The van der Waals surface area contributed by atoms with Crippen LogP contribution in [0.2, 0.25) is 5.02 Å². The molecule has 0 spiro atoms. The third kappa shape index (κ3) is 2.76. The fraction of sp³-hybridized carbons (Fsp3) is 0.462. The van der Waals surface area contributed by atoms with Gasteiger partial charge in [-0.3, -0.25) is 4.79 Å². The molecule has 1 aromatic carbocycles. The molecule has 5 heteroatoms. The average Bonchev–Trinajstić information content (AvgIpc) is 2.38. The molecule has 0 saturated carbocycles. The summed E-state index contributed by atoms with van der Waals surface area (Å²) in [5, 5.41) is 6.69. The second-order valence-electron chi connectivity index (χ2n) is 4.34. The van der Waals surface area contributed by atoms with E-state index in [9.17, 15) is 4.79 Å². The highest BCUT2D eigenvalue weighted by molar-refractivity contribution is 6.33. The normalized spacial score (nSPS) is 19.8. The summed E-state index contributed by atoms with van der Waals surface area (Å²) in [7, 11) is 1.89. The second-order valence-corrected chi connectivity index (χ2v) is 4.75. The Morgan fingerprint density at radius 2 is 2.28 bits per heavy atom. The van der Waals surface area contributed by atoms with Gasteiger partial charge in [0.25, 0.3) is 0 Å². The van der Waals surface area contributed by atoms with Crippen LogP contribution >= 0.6 is 11.6 Å². The van der Waals surface area contributed by atoms with E-state index in [1.807, 2.05) is 31.3 Å². The molecule has 18 heavy (non-hydrogen) atoms. The van der Waals surface area contributed by atoms with Crippen molar-refractivity contribution in [2.24, 2.45) is 0 Å². The number of amides is 1. The number of para-hydroxylation sites is 1. The monoisotopic (exact) mass is 267 g/mol. The average molecular weight is 268 g/mol. The van der Waals surface area contributed by atoms with Crippen LogP contribution in [0.1, 0.15) is 6.42 Å². The molecule has 1 amide bonds. The zero-order chi connectivity index (χ0) is 13.0. The van der Waals surface area contributed by atoms with Crippen LogP contribution < -0.4 is 15.5 Å². The van der Waals surface area contributed by atoms with Crippen LogP contribution in [0.3, 0.4) is 0 Å². The van der Waals surface area contributed by atoms with Gasteiger partial charge in [-0.15, -0.1) is 0 Å². The molecule has 0 bridgehead atoms. The molecule has 1 heterocycles. The third-order valence-corrected chi connectivity index (χ3v) is 3.48. The zero-order valence-electron chi connectivity index (χ0n) is 10.4. The summed E-state index contributed by atoms with van der Waals surface area (Å²) in [4.78, 5) is 14.1. The van der Waals surface area contributed by atoms with Crippen LogP contribution in [0.25, 0.3) is 0 Å². The van der Waals surface area contributed by atoms with Crippen molar-refractivity contribution in [1.29, 1.82) is 0 Å². The predicted octanol–water partition coefficient (Wildman–Crippen LogP) is 1.25. The van der Waals surface area contributed by atoms with Crippen molar-refractivity contribution in [2.45, 2.75) is 12.5 Å². The Morgan fingerprint density at radius 1 is 1.50 bits per heavy atom. The Labute approximate surface area is 112 Å². The number of nitrogens with one attached hydrogen (secondary N) is 2. The minimum atomic E-state index is -0.147. The summed E-state index contributed by atoms with van der Waals surface area (Å²) in [6.45, 7) is 2.27. The highest BCUT2D eigenvalue weighted by atomic mass is 35.5. The number of rotatable bonds is 4. The molecule has 2 rings (SSSR count). The van der Waals surface area contributed by atoms with Crippen LogP contribution in [-0.4, -0.2) is 38.6 Å². The van der Waals surface area contributed by atoms with Gasteiger partial charge in [-0.1, -0.05) is 23.7 Å². The van der Waals surface area contributed by atoms with Crippen molar-refractivity contribution in [3.8, 4) is 0 Å². The quantitative estimate of drug-likeness (QED) is 0.863. The summed E-state index contributed by atoms with van der Waals surface area (Å²) in [5.41, 5.74) is 0.940. The molecule has 4 nitrogen and oxygen atoms in total. The number of benzene rings is 1. The highest BCUT2D eigenvalue weighted by Crippen LogP contribution is 2.28. The van der Waals surface area contributed by atoms with Crippen LogP contribution in [0.15, 0.2) is 24.3 Å². The van der Waals surface area contributed by atoms with E-state index in [4.69, 9.17) is 11.6 Å². The van der Waals surface area contributed by atoms with Crippen LogP contribution in [0.4, 0.5) is 5.69 Å². The van der Waals surface area contributed by atoms with Gasteiger partial charge in [0, 0.05) is 13.1 Å². The lowest BCUT2D eigenvalue weighted by Gasteiger charge is -2.37. The van der Waals surface area contributed by atoms with Gasteiger partial charge in [-0.05, 0) is 32.1 Å². The first-order chi connectivity index (χ1) is 8.74. The molecule has 1 saturated heterocycles. The molecule has 1 aromatic rings. The van der Waals surface area contributed by atoms with Crippen molar-refractivity contribution in [3.05, 3.63) is 29.3 Å². The van der Waals surface area contributed by atoms with Gasteiger partial charge >= 0.3 is 0 Å². The number of anilines is 1. The number of halogens is 1. The topological polar surface area (TPSA) is 44.4 Å². The molecule has 1 unspecified atom stereocenters. The molecule has 2 N–H and O–H groups in total. The first-order valence-corrected chi connectivity index (χ1v) is 6.55. The fourth-order valence-electron chi connectivity index (χ4n) is 2.26. The number of hydrogen-bond donors (Lipinski definition) is 2.